The third-order valence-corrected chi connectivity index (χ3v) is 6.47. The second-order valence-electron chi connectivity index (χ2n) is 6.09. The Morgan fingerprint density at radius 2 is 1.72 bits per heavy atom. The van der Waals surface area contributed by atoms with Crippen molar-refractivity contribution in [1.29, 1.82) is 0 Å². The van der Waals surface area contributed by atoms with E-state index in [-0.39, 0.29) is 17.7 Å². The topological polar surface area (TPSA) is 55.8 Å². The number of ether oxygens (including phenoxy) is 2. The number of amides is 2. The molecule has 0 spiro atoms. The molecule has 8 heteroatoms. The molecule has 0 aliphatic carbocycles. The molecule has 0 saturated carbocycles. The van der Waals surface area contributed by atoms with Crippen LogP contribution in [0, 0.1) is 7.14 Å². The lowest BCUT2D eigenvalue weighted by molar-refractivity contribution is -0.123. The van der Waals surface area contributed by atoms with Crippen LogP contribution in [0.5, 0.6) is 11.5 Å². The number of halogens is 2. The van der Waals surface area contributed by atoms with Crippen molar-refractivity contribution in [3.8, 4) is 11.5 Å². The van der Waals surface area contributed by atoms with E-state index >= 15 is 0 Å². The molecule has 1 heterocycles. The number of rotatable bonds is 7. The summed E-state index contributed by atoms with van der Waals surface area (Å²) >= 11 is 5.37. The van der Waals surface area contributed by atoms with E-state index in [2.05, 4.69) is 45.2 Å². The molecule has 0 N–H and O–H groups in total. The van der Waals surface area contributed by atoms with Gasteiger partial charge in [-0.1, -0.05) is 12.1 Å². The fourth-order valence-electron chi connectivity index (χ4n) is 2.78. The lowest BCUT2D eigenvalue weighted by Crippen LogP contribution is -2.27. The van der Waals surface area contributed by atoms with Crippen LogP contribution in [0.15, 0.2) is 41.3 Å². The second kappa shape index (κ2) is 10.2. The summed E-state index contributed by atoms with van der Waals surface area (Å²) in [7, 11) is 0. The van der Waals surface area contributed by atoms with Gasteiger partial charge in [-0.25, -0.2) is 0 Å². The number of benzene rings is 2. The molecule has 1 fully saturated rings. The minimum absolute atomic E-state index is 0.259. The summed E-state index contributed by atoms with van der Waals surface area (Å²) in [5, 5.41) is -0.259. The van der Waals surface area contributed by atoms with E-state index in [0.29, 0.717) is 29.6 Å². The van der Waals surface area contributed by atoms with Gasteiger partial charge in [0, 0.05) is 3.57 Å². The van der Waals surface area contributed by atoms with Crippen molar-refractivity contribution in [3.63, 3.8) is 0 Å². The third-order valence-electron chi connectivity index (χ3n) is 4.05. The van der Waals surface area contributed by atoms with Gasteiger partial charge in [-0.15, -0.1) is 0 Å². The average Bonchev–Trinajstić information content (AvgIpc) is 2.94. The SMILES string of the molecule is CCOc1cc(/C=C2\SC(=O)N(Cc3ccc(I)cc3)C2=O)cc(I)c1OCC. The zero-order chi connectivity index (χ0) is 21.0. The predicted molar refractivity (Wildman–Crippen MR) is 132 cm³/mol. The summed E-state index contributed by atoms with van der Waals surface area (Å²) in [4.78, 5) is 26.9. The molecule has 0 bridgehead atoms. The van der Waals surface area contributed by atoms with Crippen LogP contribution >= 0.6 is 56.9 Å². The molecule has 1 aliphatic heterocycles. The van der Waals surface area contributed by atoms with E-state index in [9.17, 15) is 9.59 Å². The lowest BCUT2D eigenvalue weighted by atomic mass is 10.1. The maximum absolute atomic E-state index is 12.8. The van der Waals surface area contributed by atoms with Crippen molar-refractivity contribution in [2.75, 3.05) is 13.2 Å². The normalized spacial score (nSPS) is 15.3. The fraction of sp³-hybridized carbons (Fsp3) is 0.238. The van der Waals surface area contributed by atoms with E-state index in [1.165, 1.54) is 4.90 Å². The smallest absolute Gasteiger partial charge is 0.293 e. The summed E-state index contributed by atoms with van der Waals surface area (Å²) in [5.41, 5.74) is 1.71. The van der Waals surface area contributed by atoms with Crippen LogP contribution in [0.4, 0.5) is 4.79 Å². The Hall–Kier alpha value is -1.27. The first-order valence-electron chi connectivity index (χ1n) is 9.01. The largest absolute Gasteiger partial charge is 0.490 e. The van der Waals surface area contributed by atoms with Gasteiger partial charge in [-0.3, -0.25) is 14.5 Å². The van der Waals surface area contributed by atoms with Gasteiger partial charge in [-0.05, 0) is 112 Å². The molecule has 0 aromatic heterocycles. The van der Waals surface area contributed by atoms with Gasteiger partial charge in [0.05, 0.1) is 28.2 Å². The maximum atomic E-state index is 12.8. The maximum Gasteiger partial charge on any atom is 0.293 e. The van der Waals surface area contributed by atoms with Crippen molar-refractivity contribution >= 4 is 74.2 Å². The summed E-state index contributed by atoms with van der Waals surface area (Å²) in [6.07, 6.45) is 1.74. The Bertz CT molecular complexity index is 960. The van der Waals surface area contributed by atoms with E-state index in [4.69, 9.17) is 9.47 Å². The first-order chi connectivity index (χ1) is 13.9. The van der Waals surface area contributed by atoms with Gasteiger partial charge in [0.1, 0.15) is 0 Å². The summed E-state index contributed by atoms with van der Waals surface area (Å²) in [5.74, 6) is 1.05. The average molecular weight is 635 g/mol. The van der Waals surface area contributed by atoms with Crippen LogP contribution in [0.1, 0.15) is 25.0 Å². The Kier molecular flexibility index (Phi) is 7.85. The first kappa shape index (κ1) is 22.4. The van der Waals surface area contributed by atoms with Gasteiger partial charge in [0.2, 0.25) is 0 Å². The molecule has 2 amide bonds. The molecule has 0 unspecified atom stereocenters. The van der Waals surface area contributed by atoms with Gasteiger partial charge < -0.3 is 9.47 Å². The Morgan fingerprint density at radius 3 is 2.38 bits per heavy atom. The van der Waals surface area contributed by atoms with Crippen molar-refractivity contribution in [3.05, 3.63) is 59.6 Å². The van der Waals surface area contributed by atoms with Gasteiger partial charge in [-0.2, -0.15) is 0 Å². The van der Waals surface area contributed by atoms with Crippen molar-refractivity contribution < 1.29 is 19.1 Å². The Labute approximate surface area is 201 Å². The second-order valence-corrected chi connectivity index (χ2v) is 9.49. The zero-order valence-electron chi connectivity index (χ0n) is 15.9. The first-order valence-corrected chi connectivity index (χ1v) is 12.0. The minimum Gasteiger partial charge on any atom is -0.490 e. The molecule has 1 aliphatic rings. The van der Waals surface area contributed by atoms with E-state index < -0.39 is 0 Å². The van der Waals surface area contributed by atoms with E-state index in [1.807, 2.05) is 50.2 Å². The van der Waals surface area contributed by atoms with Crippen LogP contribution in [-0.2, 0) is 11.3 Å². The van der Waals surface area contributed by atoms with E-state index in [0.717, 1.165) is 30.0 Å². The van der Waals surface area contributed by atoms with Gasteiger partial charge in [0.25, 0.3) is 11.1 Å². The lowest BCUT2D eigenvalue weighted by Gasteiger charge is -2.14. The van der Waals surface area contributed by atoms with Gasteiger partial charge in [0.15, 0.2) is 11.5 Å². The molecular weight excluding hydrogens is 616 g/mol. The number of imide groups is 1. The third kappa shape index (κ3) is 5.46. The Morgan fingerprint density at radius 1 is 1.03 bits per heavy atom. The quantitative estimate of drug-likeness (QED) is 0.279. The number of carbonyl (C=O) groups is 2. The molecule has 29 heavy (non-hydrogen) atoms. The summed E-state index contributed by atoms with van der Waals surface area (Å²) in [6, 6.07) is 11.5. The Balaban J connectivity index is 1.86. The standard InChI is InChI=1S/C21H19I2NO4S/c1-3-27-17-10-14(9-16(23)19(17)28-4-2)11-18-20(25)24(21(26)29-18)12-13-5-7-15(22)8-6-13/h5-11H,3-4,12H2,1-2H3/b18-11-. The van der Waals surface area contributed by atoms with Crippen molar-refractivity contribution in [1.82, 2.24) is 4.90 Å². The molecule has 0 radical (unpaired) electrons. The molecule has 5 nitrogen and oxygen atoms in total. The number of nitrogens with zero attached hydrogens (tertiary/aromatic N) is 1. The summed E-state index contributed by atoms with van der Waals surface area (Å²) < 4.78 is 13.4. The van der Waals surface area contributed by atoms with E-state index in [1.54, 1.807) is 6.08 Å². The molecule has 1 saturated heterocycles. The number of thioether (sulfide) groups is 1. The van der Waals surface area contributed by atoms with Crippen LogP contribution in [0.3, 0.4) is 0 Å². The van der Waals surface area contributed by atoms with Crippen molar-refractivity contribution in [2.24, 2.45) is 0 Å². The van der Waals surface area contributed by atoms with Crippen LogP contribution in [0.25, 0.3) is 6.08 Å². The highest BCUT2D eigenvalue weighted by molar-refractivity contribution is 14.1. The highest BCUT2D eigenvalue weighted by Crippen LogP contribution is 2.37. The van der Waals surface area contributed by atoms with Crippen molar-refractivity contribution in [2.45, 2.75) is 20.4 Å². The summed E-state index contributed by atoms with van der Waals surface area (Å²) in [6.45, 7) is 5.14. The highest BCUT2D eigenvalue weighted by atomic mass is 127. The molecule has 3 rings (SSSR count). The molecule has 2 aromatic carbocycles. The predicted octanol–water partition coefficient (Wildman–Crippen LogP) is 5.93. The van der Waals surface area contributed by atoms with Crippen LogP contribution in [-0.4, -0.2) is 29.3 Å². The van der Waals surface area contributed by atoms with Crippen LogP contribution < -0.4 is 9.47 Å². The highest BCUT2D eigenvalue weighted by Gasteiger charge is 2.35. The number of hydrogen-bond donors (Lipinski definition) is 0. The molecule has 2 aromatic rings. The number of hydrogen-bond acceptors (Lipinski definition) is 5. The monoisotopic (exact) mass is 635 g/mol. The fourth-order valence-corrected chi connectivity index (χ4v) is 4.76. The van der Waals surface area contributed by atoms with Crippen LogP contribution in [0.2, 0.25) is 0 Å². The minimum atomic E-state index is -0.277. The molecular formula is C21H19I2NO4S. The molecule has 0 atom stereocenters. The zero-order valence-corrected chi connectivity index (χ0v) is 21.0. The number of carbonyl (C=O) groups excluding carboxylic acids is 2. The van der Waals surface area contributed by atoms with Gasteiger partial charge >= 0.3 is 0 Å². The molecule has 152 valence electrons.